The monoisotopic (exact) mass is 882 g/mol. The maximum Gasteiger partial charge on any atom is 0.237 e. The number of hydrogen-bond acceptors (Lipinski definition) is 0. The summed E-state index contributed by atoms with van der Waals surface area (Å²) in [6.07, 6.45) is 41.4. The molecule has 1 fully saturated rings. The fraction of sp³-hybridized carbons (Fsp3) is 0.108. The zero-order chi connectivity index (χ0) is 45.8. The standard InChI is InChI=1S/C65H52B2N2/c1-66(50-22-8-2-3-9-23-50)51-28-20-21-45(35-36-51)46-39-47(48-40-49-43-60(49)61(44-48)67(53-26-12-6-13-27-53)52-24-10-4-5-11-25-52)42-55(41-46)69-63-34-19-17-32-57(63)59-38-37-58-56-31-16-18-33-62(56)68(64(58)65(59)69)54-29-14-7-15-30-54/h2-4,6-8,10-34,36-42,44,49,60H,5,9,35,43H2,1H3. The van der Waals surface area contributed by atoms with Gasteiger partial charge in [0.05, 0.1) is 22.1 Å². The SMILES string of the molecule is CB(C1=CCC=CC=C1)C1=CCC(c2cc(C3=CC4CC4C(B(C4=CC=CCC=C4)c4ccccc4)=C3)cc(-n3c4ccccc4c4ccc5c6ccccc6n(-c6ccccc6)c5c43)c2)=CC=C1. The Bertz CT molecular complexity index is 3740. The van der Waals surface area contributed by atoms with Gasteiger partial charge in [0.15, 0.2) is 0 Å². The van der Waals surface area contributed by atoms with Gasteiger partial charge >= 0.3 is 0 Å². The van der Waals surface area contributed by atoms with Crippen molar-refractivity contribution < 1.29 is 0 Å². The van der Waals surface area contributed by atoms with Gasteiger partial charge in [-0.25, -0.2) is 0 Å². The third-order valence-electron chi connectivity index (χ3n) is 15.3. The maximum atomic E-state index is 2.59. The molecule has 0 amide bonds. The van der Waals surface area contributed by atoms with Gasteiger partial charge in [0, 0.05) is 32.9 Å². The fourth-order valence-corrected chi connectivity index (χ4v) is 11.8. The van der Waals surface area contributed by atoms with Crippen molar-refractivity contribution in [3.8, 4) is 11.4 Å². The lowest BCUT2D eigenvalue weighted by Crippen LogP contribution is -2.36. The number of rotatable bonds is 9. The number of nitrogens with zero attached hydrogens (tertiary/aromatic N) is 2. The van der Waals surface area contributed by atoms with Crippen LogP contribution in [0.25, 0.3) is 66.1 Å². The lowest BCUT2D eigenvalue weighted by atomic mass is 9.34. The first-order valence-corrected chi connectivity index (χ1v) is 25.0. The smallest absolute Gasteiger partial charge is 0.237 e. The molecule has 0 aliphatic heterocycles. The Kier molecular flexibility index (Phi) is 10.4. The fourth-order valence-electron chi connectivity index (χ4n) is 11.8. The Labute approximate surface area is 406 Å². The summed E-state index contributed by atoms with van der Waals surface area (Å²) in [7, 11) is 0. The van der Waals surface area contributed by atoms with Gasteiger partial charge in [-0.15, -0.1) is 0 Å². The molecule has 2 nitrogen and oxygen atoms in total. The molecule has 6 aromatic carbocycles. The zero-order valence-corrected chi connectivity index (χ0v) is 39.0. The quantitative estimate of drug-likeness (QED) is 0.128. The van der Waals surface area contributed by atoms with Crippen molar-refractivity contribution in [2.24, 2.45) is 11.8 Å². The maximum absolute atomic E-state index is 2.59. The molecule has 328 valence electrons. The third kappa shape index (κ3) is 7.38. The van der Waals surface area contributed by atoms with E-state index in [9.17, 15) is 0 Å². The van der Waals surface area contributed by atoms with E-state index in [-0.39, 0.29) is 6.71 Å². The Balaban J connectivity index is 1.04. The first kappa shape index (κ1) is 41.4. The molecule has 2 aromatic heterocycles. The van der Waals surface area contributed by atoms with Crippen LogP contribution in [0.2, 0.25) is 6.82 Å². The van der Waals surface area contributed by atoms with E-state index < -0.39 is 0 Å². The highest BCUT2D eigenvalue weighted by atomic mass is 15.0. The number of hydrogen-bond donors (Lipinski definition) is 0. The molecule has 5 aliphatic rings. The van der Waals surface area contributed by atoms with Gasteiger partial charge in [0.2, 0.25) is 13.4 Å². The molecular weight excluding hydrogens is 830 g/mol. The third-order valence-corrected chi connectivity index (χ3v) is 15.3. The van der Waals surface area contributed by atoms with Crippen LogP contribution in [0, 0.1) is 11.8 Å². The second-order valence-corrected chi connectivity index (χ2v) is 19.4. The van der Waals surface area contributed by atoms with E-state index in [2.05, 4.69) is 253 Å². The molecule has 2 atom stereocenters. The molecule has 2 unspecified atom stereocenters. The molecule has 0 radical (unpaired) electrons. The van der Waals surface area contributed by atoms with Gasteiger partial charge in [-0.1, -0.05) is 228 Å². The van der Waals surface area contributed by atoms with E-state index in [1.165, 1.54) is 105 Å². The van der Waals surface area contributed by atoms with Crippen LogP contribution in [0.1, 0.15) is 36.8 Å². The van der Waals surface area contributed by atoms with Crippen LogP contribution >= 0.6 is 0 Å². The average Bonchev–Trinajstić information content (AvgIpc) is 4.20. The Morgan fingerprint density at radius 2 is 1.19 bits per heavy atom. The number of benzene rings is 6. The molecule has 1 saturated carbocycles. The van der Waals surface area contributed by atoms with Crippen molar-refractivity contribution >= 4 is 73.6 Å². The summed E-state index contributed by atoms with van der Waals surface area (Å²) in [4.78, 5) is 0. The highest BCUT2D eigenvalue weighted by Crippen LogP contribution is 2.52. The molecule has 4 heteroatoms. The molecule has 0 spiro atoms. The summed E-state index contributed by atoms with van der Waals surface area (Å²) in [5, 5.41) is 5.02. The Morgan fingerprint density at radius 3 is 1.97 bits per heavy atom. The highest BCUT2D eigenvalue weighted by molar-refractivity contribution is 6.86. The molecule has 8 aromatic rings. The molecule has 69 heavy (non-hydrogen) atoms. The lowest BCUT2D eigenvalue weighted by molar-refractivity contribution is 0.960. The normalized spacial score (nSPS) is 18.5. The van der Waals surface area contributed by atoms with Crippen LogP contribution in [0.5, 0.6) is 0 Å². The van der Waals surface area contributed by atoms with E-state index in [0.717, 1.165) is 24.9 Å². The van der Waals surface area contributed by atoms with E-state index >= 15 is 0 Å². The summed E-state index contributed by atoms with van der Waals surface area (Å²) in [6.45, 7) is 2.84. The van der Waals surface area contributed by atoms with Crippen LogP contribution in [0.3, 0.4) is 0 Å². The summed E-state index contributed by atoms with van der Waals surface area (Å²) in [6, 6.07) is 52.2. The van der Waals surface area contributed by atoms with Crippen molar-refractivity contribution in [3.05, 3.63) is 270 Å². The Hall–Kier alpha value is -7.81. The van der Waals surface area contributed by atoms with Crippen LogP contribution < -0.4 is 5.46 Å². The predicted molar refractivity (Wildman–Crippen MR) is 298 cm³/mol. The first-order valence-electron chi connectivity index (χ1n) is 25.0. The van der Waals surface area contributed by atoms with Gasteiger partial charge in [0.25, 0.3) is 0 Å². The van der Waals surface area contributed by atoms with Crippen LogP contribution in [0.15, 0.2) is 259 Å². The van der Waals surface area contributed by atoms with Crippen molar-refractivity contribution in [3.63, 3.8) is 0 Å². The van der Waals surface area contributed by atoms with Crippen molar-refractivity contribution in [2.75, 3.05) is 0 Å². The first-order chi connectivity index (χ1) is 34.2. The van der Waals surface area contributed by atoms with Crippen molar-refractivity contribution in [1.82, 2.24) is 9.13 Å². The molecule has 2 heterocycles. The summed E-state index contributed by atoms with van der Waals surface area (Å²) >= 11 is 0. The van der Waals surface area contributed by atoms with E-state index in [1.807, 2.05) is 0 Å². The van der Waals surface area contributed by atoms with Crippen molar-refractivity contribution in [2.45, 2.75) is 32.5 Å². The summed E-state index contributed by atoms with van der Waals surface area (Å²) in [5.74, 6) is 1.07. The van der Waals surface area contributed by atoms with Crippen LogP contribution in [0.4, 0.5) is 0 Å². The molecule has 5 aliphatic carbocycles. The highest BCUT2D eigenvalue weighted by Gasteiger charge is 2.45. The van der Waals surface area contributed by atoms with E-state index in [4.69, 9.17) is 0 Å². The number of para-hydroxylation sites is 3. The summed E-state index contributed by atoms with van der Waals surface area (Å²) in [5.41, 5.74) is 19.3. The molecular formula is C65H52B2N2. The minimum atomic E-state index is 0.187. The minimum absolute atomic E-state index is 0.187. The number of allylic oxidation sites excluding steroid dienone is 22. The van der Waals surface area contributed by atoms with Crippen LogP contribution in [-0.2, 0) is 0 Å². The van der Waals surface area contributed by atoms with Gasteiger partial charge in [-0.05, 0) is 102 Å². The van der Waals surface area contributed by atoms with Gasteiger partial charge in [0.1, 0.15) is 0 Å². The molecule has 0 saturated heterocycles. The Morgan fingerprint density at radius 1 is 0.522 bits per heavy atom. The van der Waals surface area contributed by atoms with Crippen LogP contribution in [-0.4, -0.2) is 22.6 Å². The minimum Gasteiger partial charge on any atom is -0.307 e. The van der Waals surface area contributed by atoms with Gasteiger partial charge < -0.3 is 9.13 Å². The second kappa shape index (κ2) is 17.4. The summed E-state index contributed by atoms with van der Waals surface area (Å²) < 4.78 is 5.08. The molecule has 13 rings (SSSR count). The zero-order valence-electron chi connectivity index (χ0n) is 39.0. The lowest BCUT2D eigenvalue weighted by Gasteiger charge is -2.23. The predicted octanol–water partition coefficient (Wildman–Crippen LogP) is 15.7. The van der Waals surface area contributed by atoms with Gasteiger partial charge in [-0.3, -0.25) is 0 Å². The molecule has 0 N–H and O–H groups in total. The number of fused-ring (bicyclic) bond motifs is 8. The average molecular weight is 883 g/mol. The largest absolute Gasteiger partial charge is 0.307 e. The molecule has 0 bridgehead atoms. The van der Waals surface area contributed by atoms with Gasteiger partial charge in [-0.2, -0.15) is 0 Å². The van der Waals surface area contributed by atoms with E-state index in [0.29, 0.717) is 18.5 Å². The van der Waals surface area contributed by atoms with E-state index in [1.54, 1.807) is 0 Å². The second-order valence-electron chi connectivity index (χ2n) is 19.4. The van der Waals surface area contributed by atoms with Crippen molar-refractivity contribution in [1.29, 1.82) is 0 Å². The topological polar surface area (TPSA) is 9.86 Å². The number of aromatic nitrogens is 2.